The number of aliphatic hydroxyl groups is 4. The number of hydroxylamine groups is 4. The Morgan fingerprint density at radius 2 is 0.984 bits per heavy atom. The number of ether oxygens (including phenoxy) is 2. The molecule has 6 aromatic rings. The zero-order valence-electron chi connectivity index (χ0n) is 75.6. The largest absolute Gasteiger partial charge is 0.496 e. The number of hydrogen-bond acceptors (Lipinski definition) is 23. The van der Waals surface area contributed by atoms with Gasteiger partial charge >= 0.3 is 5.97 Å². The van der Waals surface area contributed by atoms with E-state index in [0.717, 1.165) is 43.9 Å². The van der Waals surface area contributed by atoms with Crippen LogP contribution in [0.4, 0.5) is 11.4 Å². The first-order chi connectivity index (χ1) is 58.4. The van der Waals surface area contributed by atoms with Crippen molar-refractivity contribution >= 4 is 54.9 Å². The van der Waals surface area contributed by atoms with Crippen LogP contribution in [0.15, 0.2) is 133 Å². The molecule has 2 aliphatic heterocycles. The minimum absolute atomic E-state index is 0. The molecule has 11 N–H and O–H groups in total. The number of carbonyl (C=O) groups excluding carboxylic acids is 3. The van der Waals surface area contributed by atoms with Gasteiger partial charge in [0.2, 0.25) is 21.8 Å². The lowest BCUT2D eigenvalue weighted by Crippen LogP contribution is -2.62. The van der Waals surface area contributed by atoms with Crippen LogP contribution in [-0.4, -0.2) is 267 Å². The second-order valence-electron chi connectivity index (χ2n) is 37.3. The predicted octanol–water partition coefficient (Wildman–Crippen LogP) is 10.8. The van der Waals surface area contributed by atoms with E-state index in [9.17, 15) is 61.5 Å². The Labute approximate surface area is 764 Å². The van der Waals surface area contributed by atoms with E-state index in [1.54, 1.807) is 62.2 Å². The third kappa shape index (κ3) is 26.8. The summed E-state index contributed by atoms with van der Waals surface area (Å²) in [4.78, 5) is 75.2. The number of nitrogens with one attached hydrogen (secondary N) is 4. The summed E-state index contributed by atoms with van der Waals surface area (Å²) in [5, 5.41) is 65.5. The standard InChI is InChI=1S/C47H68N6O8S.C36H51N3O9S.C11H18N2.4CH4/c1-29-39-24-35(47(39,3)4)25-40(29)50-46(57)43-42(30(2)55)41(28-54)61-53(43)26-32-16-13-17-38(44(32)60-8)33-21-34(23-37(22-33)52(7)19-18-48-62(9,58)59)45(56)49-36(27-51(5)6)20-31-14-11-10-12-15-31;1-20-28-16-25(36(28,3)4)17-29(20)37-34(42)32-31(21(2)41)30(19-40)48-39(32)18-22-9-8-10-27(33(22)47-6)23-13-24(35(43)44)15-26(14-23)38(5)11-12-49(7,45)46;1-13(2)9-11(12)8-10-6-4-3-5-7-10;;;;/h10-17,21-23,29-30,35-36,39-43,48,54-55H,18-20,24-28H2,1-9H3,(H,49,56)(H,50,57);8-10,13-15,20-21,25,28-32,40-41H,11-12,16-19H2,1-7H3,(H,37,42)(H,43,44);3-7,11H,8-9,12H2,1-2H3;4*1H4/t29-,30-,35+,36-,39?,40-,41-,42+,43-;20-,21-,25+,28-,29-,30-,31?,32-;11-;;;;/m001..../s1. The first kappa shape index (κ1) is 109. The maximum absolute atomic E-state index is 14.4. The maximum Gasteiger partial charge on any atom is 0.335 e. The first-order valence-electron chi connectivity index (χ1n) is 43.4. The summed E-state index contributed by atoms with van der Waals surface area (Å²) < 4.78 is 62.0. The number of likely N-dealkylation sites (N-methyl/N-ethyl adjacent to an activating group) is 3. The molecule has 28 nitrogen and oxygen atoms in total. The third-order valence-electron chi connectivity index (χ3n) is 27.0. The highest BCUT2D eigenvalue weighted by molar-refractivity contribution is 7.90. The summed E-state index contributed by atoms with van der Waals surface area (Å²) >= 11 is 0. The maximum atomic E-state index is 14.4. The Kier molecular flexibility index (Phi) is 39.7. The molecule has 30 heteroatoms. The molecule has 128 heavy (non-hydrogen) atoms. The van der Waals surface area contributed by atoms with Crippen molar-refractivity contribution in [2.75, 3.05) is 131 Å². The van der Waals surface area contributed by atoms with Gasteiger partial charge < -0.3 is 76.3 Å². The highest BCUT2D eigenvalue weighted by Gasteiger charge is 2.59. The molecule has 0 spiro atoms. The predicted molar refractivity (Wildman–Crippen MR) is 512 cm³/mol. The van der Waals surface area contributed by atoms with E-state index in [0.29, 0.717) is 117 Å². The molecule has 6 saturated carbocycles. The number of carboxylic acid groups (broad SMARTS) is 1. The van der Waals surface area contributed by atoms with Crippen LogP contribution in [0.25, 0.3) is 22.3 Å². The van der Waals surface area contributed by atoms with Crippen molar-refractivity contribution in [2.24, 2.45) is 63.9 Å². The highest BCUT2D eigenvalue weighted by atomic mass is 32.2. The summed E-state index contributed by atoms with van der Waals surface area (Å²) in [6.07, 6.45) is 4.49. The van der Waals surface area contributed by atoms with E-state index in [2.05, 4.69) is 91.4 Å². The number of nitrogens with zero attached hydrogens (tertiary/aromatic N) is 6. The monoisotopic (exact) mass is 1820 g/mol. The summed E-state index contributed by atoms with van der Waals surface area (Å²) in [6.45, 7) is 18.5. The number of benzene rings is 6. The second kappa shape index (κ2) is 46.8. The zero-order valence-corrected chi connectivity index (χ0v) is 77.3. The first-order valence-corrected chi connectivity index (χ1v) is 47.3. The molecule has 14 rings (SSSR count). The fourth-order valence-electron chi connectivity index (χ4n) is 20.1. The number of fused-ring (bicyclic) bond motifs is 4. The molecule has 4 bridgehead atoms. The number of amides is 3. The van der Waals surface area contributed by atoms with Gasteiger partial charge in [0.15, 0.2) is 0 Å². The lowest BCUT2D eigenvalue weighted by Gasteiger charge is -2.62. The van der Waals surface area contributed by atoms with Gasteiger partial charge in [-0.25, -0.2) is 26.4 Å². The minimum Gasteiger partial charge on any atom is -0.496 e. The average molecular weight is 1820 g/mol. The summed E-state index contributed by atoms with van der Waals surface area (Å²) in [6, 6.07) is 40.1. The molecule has 2 saturated heterocycles. The smallest absolute Gasteiger partial charge is 0.335 e. The van der Waals surface area contributed by atoms with E-state index < -0.39 is 74.2 Å². The van der Waals surface area contributed by atoms with Crippen molar-refractivity contribution < 1.29 is 80.7 Å². The number of carboxylic acids is 1. The van der Waals surface area contributed by atoms with Crippen LogP contribution < -0.4 is 45.7 Å². The summed E-state index contributed by atoms with van der Waals surface area (Å²) in [5.74, 6) is 0.270. The fourth-order valence-corrected chi connectivity index (χ4v) is 21.1. The van der Waals surface area contributed by atoms with Crippen LogP contribution in [-0.2, 0) is 65.1 Å². The molecule has 0 radical (unpaired) electrons. The average Bonchev–Trinajstić information content (AvgIpc) is 0.791. The number of sulfonamides is 1. The summed E-state index contributed by atoms with van der Waals surface area (Å²) in [7, 11) is 7.99. The zero-order chi connectivity index (χ0) is 90.8. The number of sulfone groups is 1. The Morgan fingerprint density at radius 1 is 0.570 bits per heavy atom. The molecule has 8 aliphatic rings. The topological polar surface area (TPSA) is 368 Å². The summed E-state index contributed by atoms with van der Waals surface area (Å²) in [5.41, 5.74) is 14.4. The SMILES string of the molecule is C.C.C.C.CN(C)C[C@H](N)Cc1ccccc1.COc1c(CN2O[C@@H](CO)C([C@H](C)O)[C@H]2C(=O)N[C@H]2C[C@H]3C[C@@H]([C@@H]2C)C3(C)C)cccc1-c1cc(C(=O)O)cc(N(C)CCS(C)(=O)=O)c1.COc1c(CN2O[C@@H](CO)[C@@H]([C@H](C)O)[C@H]2C(=O)N[C@H]2C[C@H]3CC([C@@H]2C)C3(C)C)cccc1-c1cc(C(=O)N[C@@H](Cc2ccccc2)CN(C)C)cc(N(C)CCNS(C)(=O)=O)c1. The molecule has 2 unspecified atom stereocenters. The number of nitrogens with two attached hydrogens (primary N) is 1. The van der Waals surface area contributed by atoms with Gasteiger partial charge in [0.05, 0.1) is 70.3 Å². The molecule has 2 heterocycles. The van der Waals surface area contributed by atoms with E-state index >= 15 is 0 Å². The number of aliphatic hydroxyl groups excluding tert-OH is 4. The molecule has 18 atom stereocenters. The van der Waals surface area contributed by atoms with Gasteiger partial charge in [0.25, 0.3) is 5.91 Å². The van der Waals surface area contributed by atoms with Crippen molar-refractivity contribution in [1.29, 1.82) is 0 Å². The van der Waals surface area contributed by atoms with Gasteiger partial charge in [-0.1, -0.05) is 168 Å². The fraction of sp³-hybridized carbons (Fsp3) is 0.592. The number of aromatic carboxylic acids is 1. The van der Waals surface area contributed by atoms with E-state index in [1.165, 1.54) is 42.7 Å². The van der Waals surface area contributed by atoms with Gasteiger partial charge in [-0.15, -0.1) is 0 Å². The number of para-hydroxylation sites is 2. The minimum atomic E-state index is -3.41. The number of anilines is 2. The van der Waals surface area contributed by atoms with Gasteiger partial charge in [0.1, 0.15) is 45.6 Å². The molecule has 714 valence electrons. The van der Waals surface area contributed by atoms with Crippen molar-refractivity contribution in [3.8, 4) is 33.8 Å². The van der Waals surface area contributed by atoms with Crippen LogP contribution in [0.1, 0.15) is 154 Å². The Bertz CT molecular complexity index is 4830. The molecular formula is C98H153N11O17S2. The van der Waals surface area contributed by atoms with Crippen molar-refractivity contribution in [3.05, 3.63) is 167 Å². The molecular weight excluding hydrogens is 1670 g/mol. The van der Waals surface area contributed by atoms with Crippen LogP contribution in [0.3, 0.4) is 0 Å². The molecule has 6 aromatic carbocycles. The van der Waals surface area contributed by atoms with Crippen LogP contribution in [0.2, 0.25) is 0 Å². The van der Waals surface area contributed by atoms with E-state index in [4.69, 9.17) is 24.9 Å². The Hall–Kier alpha value is -8.18. The quantitative estimate of drug-likeness (QED) is 0.0175. The lowest BCUT2D eigenvalue weighted by atomic mass is 9.45. The van der Waals surface area contributed by atoms with Gasteiger partial charge in [0, 0.05) is 128 Å². The Balaban J connectivity index is 0.000000342. The van der Waals surface area contributed by atoms with E-state index in [-0.39, 0.29) is 133 Å². The van der Waals surface area contributed by atoms with Crippen molar-refractivity contribution in [2.45, 2.75) is 197 Å². The number of hydrogen-bond donors (Lipinski definition) is 10. The third-order valence-corrected chi connectivity index (χ3v) is 28.7. The number of methoxy groups -OCH3 is 2. The van der Waals surface area contributed by atoms with Gasteiger partial charge in [-0.2, -0.15) is 10.1 Å². The number of carbonyl (C=O) groups is 4. The van der Waals surface area contributed by atoms with Crippen LogP contribution >= 0.6 is 0 Å². The van der Waals surface area contributed by atoms with Crippen molar-refractivity contribution in [1.82, 2.24) is 40.6 Å². The van der Waals surface area contributed by atoms with Crippen LogP contribution in [0, 0.1) is 58.2 Å². The molecule has 3 amide bonds. The normalized spacial score (nSPS) is 24.5. The van der Waals surface area contributed by atoms with E-state index in [1.807, 2.05) is 118 Å². The molecule has 6 aliphatic carbocycles. The van der Waals surface area contributed by atoms with Crippen LogP contribution in [0.5, 0.6) is 11.5 Å². The number of rotatable bonds is 36. The molecule has 0 aromatic heterocycles. The lowest BCUT2D eigenvalue weighted by molar-refractivity contribution is -0.183. The highest BCUT2D eigenvalue weighted by Crippen LogP contribution is 2.62. The second-order valence-corrected chi connectivity index (χ2v) is 41.4. The van der Waals surface area contributed by atoms with Crippen molar-refractivity contribution in [3.63, 3.8) is 0 Å². The Morgan fingerprint density at radius 3 is 1.36 bits per heavy atom. The molecule has 8 fully saturated rings. The van der Waals surface area contributed by atoms with Gasteiger partial charge in [-0.3, -0.25) is 24.1 Å². The van der Waals surface area contributed by atoms with Gasteiger partial charge in [-0.05, 0) is 186 Å².